The van der Waals surface area contributed by atoms with E-state index in [2.05, 4.69) is 11.4 Å². The average Bonchev–Trinajstić information content (AvgIpc) is 2.82. The number of anilines is 1. The Bertz CT molecular complexity index is 485. The van der Waals surface area contributed by atoms with Crippen LogP contribution < -0.4 is 5.32 Å². The predicted octanol–water partition coefficient (Wildman–Crippen LogP) is 4.08. The first-order valence-corrected chi connectivity index (χ1v) is 6.00. The minimum Gasteiger partial charge on any atom is -0.366 e. The van der Waals surface area contributed by atoms with Crippen molar-refractivity contribution in [2.45, 2.75) is 6.04 Å². The third-order valence-electron chi connectivity index (χ3n) is 2.11. The molecule has 1 unspecified atom stereocenters. The fourth-order valence-corrected chi connectivity index (χ4v) is 2.18. The number of thiophene rings is 1. The SMILES string of the molecule is N#CC(Nc1ccc(Cl)cc1)c1cccs1. The van der Waals surface area contributed by atoms with Gasteiger partial charge in [0.1, 0.15) is 6.04 Å². The van der Waals surface area contributed by atoms with E-state index in [9.17, 15) is 0 Å². The molecule has 0 aliphatic heterocycles. The van der Waals surface area contributed by atoms with Crippen LogP contribution >= 0.6 is 22.9 Å². The Kier molecular flexibility index (Phi) is 3.45. The number of hydrogen-bond donors (Lipinski definition) is 1. The summed E-state index contributed by atoms with van der Waals surface area (Å²) in [5.74, 6) is 0. The molecule has 1 N–H and O–H groups in total. The zero-order valence-corrected chi connectivity index (χ0v) is 9.92. The molecule has 0 amide bonds. The first-order chi connectivity index (χ1) is 7.79. The van der Waals surface area contributed by atoms with Crippen LogP contribution in [0.1, 0.15) is 10.9 Å². The molecule has 80 valence electrons. The molecule has 0 saturated carbocycles. The highest BCUT2D eigenvalue weighted by atomic mass is 35.5. The lowest BCUT2D eigenvalue weighted by molar-refractivity contribution is 1.03. The van der Waals surface area contributed by atoms with Gasteiger partial charge in [0.15, 0.2) is 0 Å². The lowest BCUT2D eigenvalue weighted by atomic mass is 10.2. The van der Waals surface area contributed by atoms with E-state index in [1.54, 1.807) is 23.5 Å². The predicted molar refractivity (Wildman–Crippen MR) is 67.7 cm³/mol. The fraction of sp³-hybridized carbons (Fsp3) is 0.0833. The van der Waals surface area contributed by atoms with Crippen molar-refractivity contribution in [1.29, 1.82) is 5.26 Å². The Morgan fingerprint density at radius 3 is 2.56 bits per heavy atom. The Balaban J connectivity index is 2.14. The average molecular weight is 249 g/mol. The first kappa shape index (κ1) is 11.0. The maximum absolute atomic E-state index is 9.08. The van der Waals surface area contributed by atoms with Crippen LogP contribution in [0.2, 0.25) is 5.02 Å². The molecule has 2 nitrogen and oxygen atoms in total. The summed E-state index contributed by atoms with van der Waals surface area (Å²) in [6.45, 7) is 0. The summed E-state index contributed by atoms with van der Waals surface area (Å²) in [5.41, 5.74) is 0.893. The monoisotopic (exact) mass is 248 g/mol. The number of nitrogens with one attached hydrogen (secondary N) is 1. The maximum atomic E-state index is 9.08. The van der Waals surface area contributed by atoms with Gasteiger partial charge in [-0.15, -0.1) is 11.3 Å². The molecule has 1 aromatic heterocycles. The van der Waals surface area contributed by atoms with Gasteiger partial charge in [-0.1, -0.05) is 17.7 Å². The van der Waals surface area contributed by atoms with Crippen LogP contribution in [0.5, 0.6) is 0 Å². The van der Waals surface area contributed by atoms with Crippen molar-refractivity contribution < 1.29 is 0 Å². The van der Waals surface area contributed by atoms with Gasteiger partial charge in [0.2, 0.25) is 0 Å². The third-order valence-corrected chi connectivity index (χ3v) is 3.30. The summed E-state index contributed by atoms with van der Waals surface area (Å²) in [5, 5.41) is 14.9. The first-order valence-electron chi connectivity index (χ1n) is 4.75. The quantitative estimate of drug-likeness (QED) is 0.889. The fourth-order valence-electron chi connectivity index (χ4n) is 1.34. The highest BCUT2D eigenvalue weighted by molar-refractivity contribution is 7.10. The molecule has 0 spiro atoms. The highest BCUT2D eigenvalue weighted by Gasteiger charge is 2.10. The van der Waals surface area contributed by atoms with E-state index in [0.717, 1.165) is 10.6 Å². The van der Waals surface area contributed by atoms with Crippen LogP contribution in [-0.2, 0) is 0 Å². The van der Waals surface area contributed by atoms with Gasteiger partial charge in [0.05, 0.1) is 6.07 Å². The number of hydrogen-bond acceptors (Lipinski definition) is 3. The van der Waals surface area contributed by atoms with Crippen molar-refractivity contribution in [3.05, 3.63) is 51.7 Å². The van der Waals surface area contributed by atoms with E-state index in [1.165, 1.54) is 0 Å². The van der Waals surface area contributed by atoms with Crippen molar-refractivity contribution in [3.8, 4) is 6.07 Å². The zero-order valence-electron chi connectivity index (χ0n) is 8.35. The normalized spacial score (nSPS) is 11.8. The molecule has 4 heteroatoms. The summed E-state index contributed by atoms with van der Waals surface area (Å²) in [4.78, 5) is 1.01. The van der Waals surface area contributed by atoms with E-state index >= 15 is 0 Å². The summed E-state index contributed by atoms with van der Waals surface area (Å²) < 4.78 is 0. The van der Waals surface area contributed by atoms with Gasteiger partial charge in [-0.25, -0.2) is 0 Å². The van der Waals surface area contributed by atoms with Crippen molar-refractivity contribution >= 4 is 28.6 Å². The van der Waals surface area contributed by atoms with Crippen molar-refractivity contribution in [2.75, 3.05) is 5.32 Å². The summed E-state index contributed by atoms with van der Waals surface area (Å²) in [6.07, 6.45) is 0. The van der Waals surface area contributed by atoms with Gasteiger partial charge in [-0.2, -0.15) is 5.26 Å². The Hall–Kier alpha value is -1.50. The van der Waals surface area contributed by atoms with Gasteiger partial charge < -0.3 is 5.32 Å². The number of halogens is 1. The summed E-state index contributed by atoms with van der Waals surface area (Å²) in [7, 11) is 0. The topological polar surface area (TPSA) is 35.8 Å². The number of nitriles is 1. The van der Waals surface area contributed by atoms with Gasteiger partial charge in [0.25, 0.3) is 0 Å². The smallest absolute Gasteiger partial charge is 0.149 e. The minimum absolute atomic E-state index is 0.304. The van der Waals surface area contributed by atoms with E-state index in [4.69, 9.17) is 16.9 Å². The van der Waals surface area contributed by atoms with Crippen LogP contribution in [0.4, 0.5) is 5.69 Å². The van der Waals surface area contributed by atoms with Crippen molar-refractivity contribution in [2.24, 2.45) is 0 Å². The molecule has 0 saturated heterocycles. The second-order valence-corrected chi connectivity index (χ2v) is 4.64. The molecule has 0 aliphatic carbocycles. The molecule has 0 bridgehead atoms. The van der Waals surface area contributed by atoms with Gasteiger partial charge in [-0.3, -0.25) is 0 Å². The van der Waals surface area contributed by atoms with E-state index in [-0.39, 0.29) is 6.04 Å². The number of rotatable bonds is 3. The lowest BCUT2D eigenvalue weighted by Gasteiger charge is -2.10. The van der Waals surface area contributed by atoms with Crippen LogP contribution in [0.3, 0.4) is 0 Å². The lowest BCUT2D eigenvalue weighted by Crippen LogP contribution is -2.06. The number of nitrogens with zero attached hydrogens (tertiary/aromatic N) is 1. The largest absolute Gasteiger partial charge is 0.366 e. The Morgan fingerprint density at radius 1 is 1.25 bits per heavy atom. The molecule has 1 atom stereocenters. The van der Waals surface area contributed by atoms with E-state index in [0.29, 0.717) is 5.02 Å². The van der Waals surface area contributed by atoms with Crippen molar-refractivity contribution in [3.63, 3.8) is 0 Å². The highest BCUT2D eigenvalue weighted by Crippen LogP contribution is 2.23. The molecule has 2 aromatic rings. The molecule has 0 fully saturated rings. The van der Waals surface area contributed by atoms with Crippen LogP contribution in [0.15, 0.2) is 41.8 Å². The zero-order chi connectivity index (χ0) is 11.4. The van der Waals surface area contributed by atoms with Crippen LogP contribution in [-0.4, -0.2) is 0 Å². The molecular formula is C12H9ClN2S. The van der Waals surface area contributed by atoms with Crippen LogP contribution in [0.25, 0.3) is 0 Å². The third kappa shape index (κ3) is 2.54. The second-order valence-electron chi connectivity index (χ2n) is 3.23. The van der Waals surface area contributed by atoms with Crippen LogP contribution in [0, 0.1) is 11.3 Å². The molecule has 0 radical (unpaired) electrons. The van der Waals surface area contributed by atoms with Gasteiger partial charge in [-0.05, 0) is 35.7 Å². The second kappa shape index (κ2) is 5.02. The Morgan fingerprint density at radius 2 is 2.00 bits per heavy atom. The van der Waals surface area contributed by atoms with E-state index in [1.807, 2.05) is 29.6 Å². The standard InChI is InChI=1S/C12H9ClN2S/c13-9-3-5-10(6-4-9)15-11(8-14)12-2-1-7-16-12/h1-7,11,15H. The van der Waals surface area contributed by atoms with Gasteiger partial charge in [0, 0.05) is 15.6 Å². The summed E-state index contributed by atoms with van der Waals surface area (Å²) in [6, 6.07) is 13.1. The molecule has 0 aliphatic rings. The molecule has 16 heavy (non-hydrogen) atoms. The maximum Gasteiger partial charge on any atom is 0.149 e. The molecular weight excluding hydrogens is 240 g/mol. The minimum atomic E-state index is -0.304. The van der Waals surface area contributed by atoms with Crippen molar-refractivity contribution in [1.82, 2.24) is 0 Å². The molecule has 1 heterocycles. The number of benzene rings is 1. The summed E-state index contributed by atoms with van der Waals surface area (Å²) >= 11 is 7.36. The Labute approximate surface area is 103 Å². The van der Waals surface area contributed by atoms with E-state index < -0.39 is 0 Å². The molecule has 2 rings (SSSR count). The molecule has 1 aromatic carbocycles. The van der Waals surface area contributed by atoms with Gasteiger partial charge >= 0.3 is 0 Å².